The van der Waals surface area contributed by atoms with Gasteiger partial charge in [-0.2, -0.15) is 0 Å². The molecule has 0 spiro atoms. The van der Waals surface area contributed by atoms with Crippen LogP contribution in [-0.2, 0) is 6.54 Å². The molecule has 0 saturated heterocycles. The van der Waals surface area contributed by atoms with Crippen molar-refractivity contribution in [3.63, 3.8) is 0 Å². The van der Waals surface area contributed by atoms with E-state index in [1.54, 1.807) is 24.4 Å². The molecule has 5 nitrogen and oxygen atoms in total. The number of aromatic nitrogens is 2. The van der Waals surface area contributed by atoms with Gasteiger partial charge >= 0.3 is 0 Å². The molecule has 106 valence electrons. The van der Waals surface area contributed by atoms with Crippen LogP contribution in [0.15, 0.2) is 30.6 Å². The molecule has 0 unspecified atom stereocenters. The third kappa shape index (κ3) is 3.30. The van der Waals surface area contributed by atoms with Crippen molar-refractivity contribution in [3.05, 3.63) is 47.0 Å². The van der Waals surface area contributed by atoms with Crippen LogP contribution in [0.1, 0.15) is 16.2 Å². The Kier molecular flexibility index (Phi) is 4.63. The molecule has 2 aromatic rings. The molecule has 1 aromatic carbocycles. The van der Waals surface area contributed by atoms with Crippen molar-refractivity contribution in [1.29, 1.82) is 0 Å². The average Bonchev–Trinajstić information content (AvgIpc) is 2.84. The van der Waals surface area contributed by atoms with Gasteiger partial charge in [0.1, 0.15) is 11.6 Å². The highest BCUT2D eigenvalue weighted by Crippen LogP contribution is 2.22. The summed E-state index contributed by atoms with van der Waals surface area (Å²) in [4.78, 5) is 16.2. The van der Waals surface area contributed by atoms with Crippen molar-refractivity contribution in [3.8, 4) is 5.75 Å². The van der Waals surface area contributed by atoms with E-state index in [0.717, 1.165) is 5.82 Å². The van der Waals surface area contributed by atoms with E-state index in [9.17, 15) is 4.79 Å². The topological polar surface area (TPSA) is 56.1 Å². The summed E-state index contributed by atoms with van der Waals surface area (Å²) in [5.41, 5.74) is 0.433. The zero-order chi connectivity index (χ0) is 14.5. The van der Waals surface area contributed by atoms with Gasteiger partial charge in [0.25, 0.3) is 5.91 Å². The van der Waals surface area contributed by atoms with Gasteiger partial charge in [-0.05, 0) is 25.1 Å². The summed E-state index contributed by atoms with van der Waals surface area (Å²) in [6.07, 6.45) is 3.61. The van der Waals surface area contributed by atoms with Crippen LogP contribution < -0.4 is 10.1 Å². The van der Waals surface area contributed by atoms with E-state index in [0.29, 0.717) is 29.4 Å². The Morgan fingerprint density at radius 2 is 2.30 bits per heavy atom. The van der Waals surface area contributed by atoms with Crippen LogP contribution >= 0.6 is 11.6 Å². The maximum absolute atomic E-state index is 12.1. The van der Waals surface area contributed by atoms with Crippen LogP contribution in [0.4, 0.5) is 0 Å². The number of aryl methyl sites for hydroxylation is 1. The number of methoxy groups -OCH3 is 1. The second kappa shape index (κ2) is 6.43. The summed E-state index contributed by atoms with van der Waals surface area (Å²) in [6, 6.07) is 4.96. The van der Waals surface area contributed by atoms with Gasteiger partial charge in [0.15, 0.2) is 0 Å². The third-order valence-electron chi connectivity index (χ3n) is 2.97. The van der Waals surface area contributed by atoms with Gasteiger partial charge in [-0.25, -0.2) is 4.98 Å². The van der Waals surface area contributed by atoms with Gasteiger partial charge in [-0.1, -0.05) is 11.6 Å². The first kappa shape index (κ1) is 14.4. The first-order valence-corrected chi connectivity index (χ1v) is 6.59. The first-order valence-electron chi connectivity index (χ1n) is 6.21. The lowest BCUT2D eigenvalue weighted by Crippen LogP contribution is -2.27. The number of carbonyl (C=O) groups is 1. The van der Waals surface area contributed by atoms with E-state index in [1.807, 2.05) is 17.7 Å². The maximum Gasteiger partial charge on any atom is 0.255 e. The second-order valence-corrected chi connectivity index (χ2v) is 4.70. The molecule has 1 N–H and O–H groups in total. The summed E-state index contributed by atoms with van der Waals surface area (Å²) in [7, 11) is 1.52. The lowest BCUT2D eigenvalue weighted by Gasteiger charge is -2.10. The van der Waals surface area contributed by atoms with Crippen molar-refractivity contribution >= 4 is 17.5 Å². The van der Waals surface area contributed by atoms with Crippen LogP contribution in [0.5, 0.6) is 5.75 Å². The zero-order valence-electron chi connectivity index (χ0n) is 11.4. The summed E-state index contributed by atoms with van der Waals surface area (Å²) < 4.78 is 7.13. The number of nitrogens with one attached hydrogen (secondary N) is 1. The molecule has 1 amide bonds. The molecule has 0 aliphatic heterocycles. The number of hydrogen-bond acceptors (Lipinski definition) is 3. The Hall–Kier alpha value is -2.01. The molecule has 0 fully saturated rings. The summed E-state index contributed by atoms with van der Waals surface area (Å²) in [5.74, 6) is 1.22. The molecular formula is C14H16ClN3O2. The third-order valence-corrected chi connectivity index (χ3v) is 3.20. The van der Waals surface area contributed by atoms with Crippen molar-refractivity contribution in [2.24, 2.45) is 0 Å². The van der Waals surface area contributed by atoms with Gasteiger partial charge in [-0.15, -0.1) is 0 Å². The molecule has 0 radical (unpaired) electrons. The Balaban J connectivity index is 1.98. The smallest absolute Gasteiger partial charge is 0.255 e. The number of benzene rings is 1. The molecule has 20 heavy (non-hydrogen) atoms. The Morgan fingerprint density at radius 1 is 1.50 bits per heavy atom. The molecule has 1 aromatic heterocycles. The molecular weight excluding hydrogens is 278 g/mol. The number of nitrogens with zero attached hydrogens (tertiary/aromatic N) is 2. The second-order valence-electron chi connectivity index (χ2n) is 4.27. The summed E-state index contributed by atoms with van der Waals surface area (Å²) >= 11 is 5.91. The van der Waals surface area contributed by atoms with E-state index in [4.69, 9.17) is 16.3 Å². The van der Waals surface area contributed by atoms with Gasteiger partial charge in [0.05, 0.1) is 12.7 Å². The highest BCUT2D eigenvalue weighted by atomic mass is 35.5. The van der Waals surface area contributed by atoms with Crippen molar-refractivity contribution < 1.29 is 9.53 Å². The number of rotatable bonds is 5. The standard InChI is InChI=1S/C14H16ClN3O2/c1-10-16-5-7-18(10)8-6-17-14(19)12-9-11(15)3-4-13(12)20-2/h3-5,7,9H,6,8H2,1-2H3,(H,17,19). The van der Waals surface area contributed by atoms with Crippen LogP contribution in [-0.4, -0.2) is 29.1 Å². The molecule has 0 aliphatic carbocycles. The quantitative estimate of drug-likeness (QED) is 0.920. The first-order chi connectivity index (χ1) is 9.61. The molecule has 2 rings (SSSR count). The minimum atomic E-state index is -0.206. The Bertz CT molecular complexity index is 610. The lowest BCUT2D eigenvalue weighted by atomic mass is 10.2. The van der Waals surface area contributed by atoms with Gasteiger partial charge in [0.2, 0.25) is 0 Å². The predicted molar refractivity (Wildman–Crippen MR) is 77.3 cm³/mol. The van der Waals surface area contributed by atoms with Crippen LogP contribution in [0.3, 0.4) is 0 Å². The predicted octanol–water partition coefficient (Wildman–Crippen LogP) is 2.28. The Labute approximate surface area is 122 Å². The molecule has 6 heteroatoms. The fraction of sp³-hybridized carbons (Fsp3) is 0.286. The van der Waals surface area contributed by atoms with Crippen LogP contribution in [0.2, 0.25) is 5.02 Å². The van der Waals surface area contributed by atoms with Crippen LogP contribution in [0, 0.1) is 6.92 Å². The normalized spacial score (nSPS) is 10.3. The van der Waals surface area contributed by atoms with Crippen LogP contribution in [0.25, 0.3) is 0 Å². The highest BCUT2D eigenvalue weighted by Gasteiger charge is 2.12. The minimum Gasteiger partial charge on any atom is -0.496 e. The number of hydrogen-bond donors (Lipinski definition) is 1. The zero-order valence-corrected chi connectivity index (χ0v) is 12.1. The number of imidazole rings is 1. The molecule has 0 aliphatic rings. The SMILES string of the molecule is COc1ccc(Cl)cc1C(=O)NCCn1ccnc1C. The van der Waals surface area contributed by atoms with Crippen molar-refractivity contribution in [1.82, 2.24) is 14.9 Å². The monoisotopic (exact) mass is 293 g/mol. The van der Waals surface area contributed by atoms with Gasteiger partial charge in [-0.3, -0.25) is 4.79 Å². The van der Waals surface area contributed by atoms with Crippen molar-refractivity contribution in [2.75, 3.05) is 13.7 Å². The van der Waals surface area contributed by atoms with Gasteiger partial charge in [0, 0.05) is 30.5 Å². The lowest BCUT2D eigenvalue weighted by molar-refractivity contribution is 0.0949. The summed E-state index contributed by atoms with van der Waals surface area (Å²) in [6.45, 7) is 3.09. The fourth-order valence-corrected chi connectivity index (χ4v) is 2.05. The van der Waals surface area contributed by atoms with E-state index in [2.05, 4.69) is 10.3 Å². The number of carbonyl (C=O) groups excluding carboxylic acids is 1. The number of halogens is 1. The minimum absolute atomic E-state index is 0.206. The molecule has 0 atom stereocenters. The van der Waals surface area contributed by atoms with E-state index < -0.39 is 0 Å². The molecule has 1 heterocycles. The summed E-state index contributed by atoms with van der Waals surface area (Å²) in [5, 5.41) is 3.34. The largest absolute Gasteiger partial charge is 0.496 e. The van der Waals surface area contributed by atoms with E-state index in [1.165, 1.54) is 7.11 Å². The van der Waals surface area contributed by atoms with E-state index >= 15 is 0 Å². The van der Waals surface area contributed by atoms with Gasteiger partial charge < -0.3 is 14.6 Å². The van der Waals surface area contributed by atoms with Crippen molar-refractivity contribution in [2.45, 2.75) is 13.5 Å². The fourth-order valence-electron chi connectivity index (χ4n) is 1.88. The Morgan fingerprint density at radius 3 is 2.95 bits per heavy atom. The number of amides is 1. The average molecular weight is 294 g/mol. The van der Waals surface area contributed by atoms with E-state index in [-0.39, 0.29) is 5.91 Å². The maximum atomic E-state index is 12.1. The molecule has 0 saturated carbocycles. The molecule has 0 bridgehead atoms. The number of ether oxygens (including phenoxy) is 1. The highest BCUT2D eigenvalue weighted by molar-refractivity contribution is 6.31.